The molecule has 0 amide bonds. The number of carbonyl (C=O) groups is 2. The Morgan fingerprint density at radius 2 is 1.68 bits per heavy atom. The smallest absolute Gasteiger partial charge is 0.233 e. The standard InChI is InChI=1S/C35H47N3O3/c1-20(2)28-37-29(41-38-28)35-14-12-30(3,4)18-22(35)26-23(39)16-25-32(7)17-21(19-36)27(40)31(5,6)24(32)10-11-33(25,8)34(26,9)13-15-35/h16-17,20,22,24,26H,10-15,18H2,1-9H3/t22-,24-,26-,32-,33+,34+,35-/m0/s1. The summed E-state index contributed by atoms with van der Waals surface area (Å²) in [5, 5.41) is 14.3. The van der Waals surface area contributed by atoms with Crippen molar-refractivity contribution in [1.82, 2.24) is 10.1 Å². The van der Waals surface area contributed by atoms with Crippen molar-refractivity contribution in [3.63, 3.8) is 0 Å². The van der Waals surface area contributed by atoms with Crippen molar-refractivity contribution in [3.05, 3.63) is 35.0 Å². The summed E-state index contributed by atoms with van der Waals surface area (Å²) in [5.41, 5.74) is -0.427. The molecule has 41 heavy (non-hydrogen) atoms. The Labute approximate surface area is 245 Å². The highest BCUT2D eigenvalue weighted by atomic mass is 16.5. The molecule has 0 bridgehead atoms. The summed E-state index contributed by atoms with van der Waals surface area (Å²) in [6.45, 7) is 19.8. The van der Waals surface area contributed by atoms with E-state index >= 15 is 0 Å². The number of hydrogen-bond acceptors (Lipinski definition) is 6. The number of carbonyl (C=O) groups excluding carboxylic acids is 2. The van der Waals surface area contributed by atoms with Crippen LogP contribution in [0.2, 0.25) is 0 Å². The summed E-state index contributed by atoms with van der Waals surface area (Å²) in [4.78, 5) is 33.0. The molecule has 7 atom stereocenters. The number of aromatic nitrogens is 2. The van der Waals surface area contributed by atoms with Gasteiger partial charge in [0.05, 0.1) is 11.0 Å². The van der Waals surface area contributed by atoms with Crippen LogP contribution in [0.1, 0.15) is 125 Å². The molecular formula is C35H47N3O3. The average molecular weight is 558 g/mol. The van der Waals surface area contributed by atoms with Crippen LogP contribution < -0.4 is 0 Å². The van der Waals surface area contributed by atoms with Gasteiger partial charge in [-0.1, -0.05) is 79.1 Å². The van der Waals surface area contributed by atoms with Gasteiger partial charge in [-0.15, -0.1) is 0 Å². The predicted molar refractivity (Wildman–Crippen MR) is 157 cm³/mol. The zero-order valence-electron chi connectivity index (χ0n) is 26.5. The molecule has 5 aliphatic rings. The first kappa shape index (κ1) is 28.6. The minimum Gasteiger partial charge on any atom is -0.339 e. The molecule has 3 fully saturated rings. The first-order chi connectivity index (χ1) is 19.0. The van der Waals surface area contributed by atoms with Crippen LogP contribution in [0.4, 0.5) is 0 Å². The molecule has 5 aliphatic carbocycles. The summed E-state index contributed by atoms with van der Waals surface area (Å²) in [6.07, 6.45) is 10.6. The third kappa shape index (κ3) is 3.53. The van der Waals surface area contributed by atoms with E-state index in [1.807, 2.05) is 26.0 Å². The number of rotatable bonds is 2. The highest BCUT2D eigenvalue weighted by Crippen LogP contribution is 2.74. The summed E-state index contributed by atoms with van der Waals surface area (Å²) in [7, 11) is 0. The summed E-state index contributed by atoms with van der Waals surface area (Å²) < 4.78 is 6.06. The predicted octanol–water partition coefficient (Wildman–Crippen LogP) is 7.66. The quantitative estimate of drug-likeness (QED) is 0.370. The SMILES string of the molecule is CC(C)c1noc([C@]23CCC(C)(C)C[C@H]2[C@H]2C(=O)C=C4[C@@]5(C)C=C(C#N)C(=O)C(C)(C)[C@@H]5CC[C@@]4(C)[C@]2(C)CC3)n1. The molecule has 1 aromatic rings. The molecule has 3 saturated carbocycles. The third-order valence-corrected chi connectivity index (χ3v) is 13.2. The summed E-state index contributed by atoms with van der Waals surface area (Å²) in [5.74, 6) is 1.84. The molecule has 6 heteroatoms. The first-order valence-corrected chi connectivity index (χ1v) is 15.8. The van der Waals surface area contributed by atoms with Crippen LogP contribution in [0.25, 0.3) is 0 Å². The van der Waals surface area contributed by atoms with Gasteiger partial charge in [0.2, 0.25) is 5.89 Å². The van der Waals surface area contributed by atoms with Gasteiger partial charge in [0.1, 0.15) is 6.07 Å². The number of nitrogens with zero attached hydrogens (tertiary/aromatic N) is 3. The number of ketones is 2. The Kier molecular flexibility index (Phi) is 5.93. The number of allylic oxidation sites excluding steroid dienone is 4. The highest BCUT2D eigenvalue weighted by Gasteiger charge is 2.70. The van der Waals surface area contributed by atoms with Gasteiger partial charge in [-0.2, -0.15) is 10.2 Å². The Morgan fingerprint density at radius 3 is 2.32 bits per heavy atom. The van der Waals surface area contributed by atoms with Crippen LogP contribution in [0, 0.1) is 56.2 Å². The topological polar surface area (TPSA) is 96.9 Å². The number of hydrogen-bond donors (Lipinski definition) is 0. The lowest BCUT2D eigenvalue weighted by molar-refractivity contribution is -0.161. The van der Waals surface area contributed by atoms with E-state index in [9.17, 15) is 14.9 Å². The van der Waals surface area contributed by atoms with Crippen LogP contribution in [0.3, 0.4) is 0 Å². The average Bonchev–Trinajstić information content (AvgIpc) is 3.39. The Morgan fingerprint density at radius 1 is 1.00 bits per heavy atom. The Hall–Kier alpha value is -2.55. The van der Waals surface area contributed by atoms with Crippen LogP contribution in [0.5, 0.6) is 0 Å². The van der Waals surface area contributed by atoms with Crippen molar-refractivity contribution in [3.8, 4) is 6.07 Å². The van der Waals surface area contributed by atoms with Gasteiger partial charge in [-0.3, -0.25) is 9.59 Å². The van der Waals surface area contributed by atoms with E-state index in [-0.39, 0.29) is 62.5 Å². The lowest BCUT2D eigenvalue weighted by atomic mass is 9.34. The van der Waals surface area contributed by atoms with Crippen molar-refractivity contribution >= 4 is 11.6 Å². The van der Waals surface area contributed by atoms with Gasteiger partial charge < -0.3 is 4.52 Å². The fourth-order valence-electron chi connectivity index (χ4n) is 10.7. The Balaban J connectivity index is 1.52. The zero-order valence-corrected chi connectivity index (χ0v) is 26.5. The van der Waals surface area contributed by atoms with E-state index in [4.69, 9.17) is 9.51 Å². The lowest BCUT2D eigenvalue weighted by Crippen LogP contribution is -2.65. The molecule has 1 aromatic heterocycles. The fourth-order valence-corrected chi connectivity index (χ4v) is 10.7. The van der Waals surface area contributed by atoms with Crippen LogP contribution in [0.15, 0.2) is 27.8 Å². The van der Waals surface area contributed by atoms with Crippen LogP contribution in [-0.2, 0) is 15.0 Å². The van der Waals surface area contributed by atoms with Crippen molar-refractivity contribution in [2.45, 2.75) is 119 Å². The van der Waals surface area contributed by atoms with E-state index in [0.29, 0.717) is 0 Å². The van der Waals surface area contributed by atoms with Gasteiger partial charge in [-0.05, 0) is 79.1 Å². The van der Waals surface area contributed by atoms with Gasteiger partial charge >= 0.3 is 0 Å². The van der Waals surface area contributed by atoms with E-state index in [1.165, 1.54) is 0 Å². The van der Waals surface area contributed by atoms with Gasteiger partial charge in [0, 0.05) is 22.7 Å². The lowest BCUT2D eigenvalue weighted by Gasteiger charge is -2.68. The maximum absolute atomic E-state index is 14.7. The van der Waals surface area contributed by atoms with E-state index in [1.54, 1.807) is 0 Å². The maximum atomic E-state index is 14.7. The number of nitriles is 1. The molecule has 0 aromatic carbocycles. The molecule has 220 valence electrons. The minimum absolute atomic E-state index is 0.0519. The van der Waals surface area contributed by atoms with E-state index in [2.05, 4.69) is 59.7 Å². The molecular weight excluding hydrogens is 510 g/mol. The molecule has 1 heterocycles. The summed E-state index contributed by atoms with van der Waals surface area (Å²) in [6, 6.07) is 2.21. The highest BCUT2D eigenvalue weighted by molar-refractivity contribution is 6.04. The van der Waals surface area contributed by atoms with Crippen molar-refractivity contribution in [2.75, 3.05) is 0 Å². The molecule has 0 aliphatic heterocycles. The molecule has 6 rings (SSSR count). The summed E-state index contributed by atoms with van der Waals surface area (Å²) >= 11 is 0. The van der Waals surface area contributed by atoms with Crippen LogP contribution in [-0.4, -0.2) is 21.7 Å². The normalized spacial score (nSPS) is 42.7. The van der Waals surface area contributed by atoms with Crippen molar-refractivity contribution < 1.29 is 14.1 Å². The van der Waals surface area contributed by atoms with E-state index < -0.39 is 10.8 Å². The molecule has 0 unspecified atom stereocenters. The third-order valence-electron chi connectivity index (χ3n) is 13.2. The molecule has 0 saturated heterocycles. The van der Waals surface area contributed by atoms with Gasteiger partial charge in [-0.25, -0.2) is 0 Å². The van der Waals surface area contributed by atoms with Crippen LogP contribution >= 0.6 is 0 Å². The molecule has 0 N–H and O–H groups in total. The second kappa shape index (κ2) is 8.51. The first-order valence-electron chi connectivity index (χ1n) is 15.8. The minimum atomic E-state index is -0.654. The zero-order chi connectivity index (χ0) is 30.0. The maximum Gasteiger partial charge on any atom is 0.233 e. The molecule has 0 spiro atoms. The fraction of sp³-hybridized carbons (Fsp3) is 0.743. The monoisotopic (exact) mass is 557 g/mol. The van der Waals surface area contributed by atoms with Crippen molar-refractivity contribution in [1.29, 1.82) is 5.26 Å². The molecule has 0 radical (unpaired) electrons. The second-order valence-electron chi connectivity index (χ2n) is 16.5. The second-order valence-corrected chi connectivity index (χ2v) is 16.5. The van der Waals surface area contributed by atoms with Gasteiger partial charge in [0.15, 0.2) is 17.4 Å². The van der Waals surface area contributed by atoms with Gasteiger partial charge in [0.25, 0.3) is 0 Å². The molecule has 6 nitrogen and oxygen atoms in total. The Bertz CT molecular complexity index is 1440. The van der Waals surface area contributed by atoms with E-state index in [0.717, 1.165) is 62.2 Å². The number of fused-ring (bicyclic) bond motifs is 7. The largest absolute Gasteiger partial charge is 0.339 e. The number of Topliss-reactive ketones (excluding diaryl/α,β-unsaturated/α-hetero) is 1. The van der Waals surface area contributed by atoms with Crippen molar-refractivity contribution in [2.24, 2.45) is 44.8 Å².